The number of carbonyl (C=O) groups excluding carboxylic acids is 1. The Morgan fingerprint density at radius 1 is 1.37 bits per heavy atom. The van der Waals surface area contributed by atoms with Gasteiger partial charge < -0.3 is 20.3 Å². The van der Waals surface area contributed by atoms with Gasteiger partial charge in [0.15, 0.2) is 5.65 Å². The number of aromatic nitrogens is 3. The van der Waals surface area contributed by atoms with Crippen LogP contribution in [0.25, 0.3) is 5.65 Å². The zero-order valence-electron chi connectivity index (χ0n) is 22.0. The Morgan fingerprint density at radius 3 is 2.79 bits per heavy atom. The van der Waals surface area contributed by atoms with Crippen molar-refractivity contribution >= 4 is 44.7 Å². The maximum absolute atomic E-state index is 13.9. The molecule has 1 saturated heterocycles. The summed E-state index contributed by atoms with van der Waals surface area (Å²) in [4.78, 5) is 22.5. The Labute approximate surface area is 228 Å². The summed E-state index contributed by atoms with van der Waals surface area (Å²) in [6.45, 7) is 6.30. The van der Waals surface area contributed by atoms with E-state index in [4.69, 9.17) is 32.2 Å². The third-order valence-electron chi connectivity index (χ3n) is 6.56. The second-order valence-corrected chi connectivity index (χ2v) is 11.9. The lowest BCUT2D eigenvalue weighted by Gasteiger charge is -2.29. The summed E-state index contributed by atoms with van der Waals surface area (Å²) >= 11 is 6.20. The number of nitrogens with one attached hydrogen (secondary N) is 1. The van der Waals surface area contributed by atoms with Gasteiger partial charge in [-0.05, 0) is 44.9 Å². The van der Waals surface area contributed by atoms with Gasteiger partial charge in [0.1, 0.15) is 5.82 Å². The zero-order valence-corrected chi connectivity index (χ0v) is 23.6. The molecule has 2 atom stereocenters. The highest BCUT2D eigenvalue weighted by Gasteiger charge is 2.28. The summed E-state index contributed by atoms with van der Waals surface area (Å²) in [5.41, 5.74) is 8.71. The number of benzene rings is 1. The van der Waals surface area contributed by atoms with E-state index >= 15 is 0 Å². The van der Waals surface area contributed by atoms with Gasteiger partial charge in [0.25, 0.3) is 5.91 Å². The number of methoxy groups -OCH3 is 1. The Kier molecular flexibility index (Phi) is 8.46. The van der Waals surface area contributed by atoms with Crippen LogP contribution in [0.4, 0.5) is 11.5 Å². The van der Waals surface area contributed by atoms with Crippen molar-refractivity contribution in [2.75, 3.05) is 49.2 Å². The van der Waals surface area contributed by atoms with Crippen molar-refractivity contribution in [3.05, 3.63) is 52.3 Å². The number of amides is 1. The van der Waals surface area contributed by atoms with Crippen molar-refractivity contribution in [3.8, 4) is 0 Å². The first-order valence-electron chi connectivity index (χ1n) is 12.4. The van der Waals surface area contributed by atoms with Crippen LogP contribution < -0.4 is 15.4 Å². The SMILES string of the molecule is COCCCN(C(=O)c1cc(Cl)ccc1NS(C)(=O)=O)[C@@H](C)c1cc2nc(N3CC[C@H](N)C3)c(C)cn2n1. The minimum absolute atomic E-state index is 0.133. The van der Waals surface area contributed by atoms with Crippen LogP contribution in [0.1, 0.15) is 47.4 Å². The van der Waals surface area contributed by atoms with E-state index in [2.05, 4.69) is 9.62 Å². The van der Waals surface area contributed by atoms with Crippen LogP contribution in [0.15, 0.2) is 30.5 Å². The molecule has 3 heterocycles. The summed E-state index contributed by atoms with van der Waals surface area (Å²) in [7, 11) is -2.02. The van der Waals surface area contributed by atoms with E-state index in [-0.39, 0.29) is 23.2 Å². The van der Waals surface area contributed by atoms with Crippen molar-refractivity contribution in [2.45, 2.75) is 38.8 Å². The van der Waals surface area contributed by atoms with Gasteiger partial charge in [-0.2, -0.15) is 5.10 Å². The largest absolute Gasteiger partial charge is 0.385 e. The van der Waals surface area contributed by atoms with Crippen LogP contribution >= 0.6 is 11.6 Å². The first kappa shape index (κ1) is 28.1. The molecular formula is C25H34ClN7O4S. The second-order valence-electron chi connectivity index (χ2n) is 9.70. The number of nitrogens with zero attached hydrogens (tertiary/aromatic N) is 5. The molecule has 206 valence electrons. The van der Waals surface area contributed by atoms with Crippen LogP contribution in [-0.2, 0) is 14.8 Å². The molecule has 4 rings (SSSR count). The highest BCUT2D eigenvalue weighted by atomic mass is 35.5. The molecule has 3 N–H and O–H groups in total. The third kappa shape index (κ3) is 6.37. The van der Waals surface area contributed by atoms with Gasteiger partial charge in [0.05, 0.1) is 29.2 Å². The molecule has 0 spiro atoms. The average Bonchev–Trinajstić information content (AvgIpc) is 3.46. The van der Waals surface area contributed by atoms with Gasteiger partial charge >= 0.3 is 0 Å². The van der Waals surface area contributed by atoms with Crippen LogP contribution in [0.5, 0.6) is 0 Å². The van der Waals surface area contributed by atoms with Gasteiger partial charge in [-0.1, -0.05) is 11.6 Å². The number of halogens is 1. The second kappa shape index (κ2) is 11.4. The summed E-state index contributed by atoms with van der Waals surface area (Å²) in [6.07, 6.45) is 4.46. The van der Waals surface area contributed by atoms with E-state index in [1.807, 2.05) is 26.1 Å². The van der Waals surface area contributed by atoms with E-state index in [0.717, 1.165) is 37.1 Å². The van der Waals surface area contributed by atoms with Gasteiger partial charge in [-0.3, -0.25) is 9.52 Å². The Hall–Kier alpha value is -2.93. The summed E-state index contributed by atoms with van der Waals surface area (Å²) in [6, 6.07) is 6.04. The summed E-state index contributed by atoms with van der Waals surface area (Å²) < 4.78 is 33.2. The number of hydrogen-bond acceptors (Lipinski definition) is 8. The molecule has 1 amide bonds. The fourth-order valence-electron chi connectivity index (χ4n) is 4.67. The first-order chi connectivity index (χ1) is 18.0. The third-order valence-corrected chi connectivity index (χ3v) is 7.39. The molecule has 1 aromatic carbocycles. The predicted molar refractivity (Wildman–Crippen MR) is 148 cm³/mol. The van der Waals surface area contributed by atoms with Gasteiger partial charge in [0.2, 0.25) is 10.0 Å². The average molecular weight is 564 g/mol. The Morgan fingerprint density at radius 2 is 2.13 bits per heavy atom. The molecule has 2 aromatic heterocycles. The summed E-state index contributed by atoms with van der Waals surface area (Å²) in [5.74, 6) is 0.503. The minimum atomic E-state index is -3.62. The molecular weight excluding hydrogens is 530 g/mol. The standard InChI is InChI=1S/C25H34ClN7O4S/c1-16-14-33-23(28-24(16)31-10-8-19(27)15-31)13-22(29-33)17(2)32(9-5-11-37-3)25(34)20-12-18(26)6-7-21(20)30-38(4,35)36/h6-7,12-14,17,19,30H,5,8-11,15,27H2,1-4H3/t17-,19-/m0/s1. The van der Waals surface area contributed by atoms with Crippen molar-refractivity contribution < 1.29 is 17.9 Å². The van der Waals surface area contributed by atoms with Crippen molar-refractivity contribution in [1.29, 1.82) is 0 Å². The topological polar surface area (TPSA) is 135 Å². The normalized spacial score (nSPS) is 16.7. The highest BCUT2D eigenvalue weighted by molar-refractivity contribution is 7.92. The van der Waals surface area contributed by atoms with Gasteiger partial charge in [-0.25, -0.2) is 17.9 Å². The Bertz CT molecular complexity index is 1430. The number of hydrogen-bond donors (Lipinski definition) is 2. The lowest BCUT2D eigenvalue weighted by molar-refractivity contribution is 0.0664. The van der Waals surface area contributed by atoms with Crippen LogP contribution in [0, 0.1) is 6.92 Å². The number of fused-ring (bicyclic) bond motifs is 1. The zero-order chi connectivity index (χ0) is 27.6. The molecule has 11 nitrogen and oxygen atoms in total. The molecule has 0 radical (unpaired) electrons. The number of sulfonamides is 1. The number of rotatable bonds is 10. The van der Waals surface area contributed by atoms with Crippen LogP contribution in [0.2, 0.25) is 5.02 Å². The van der Waals surface area contributed by atoms with Crippen LogP contribution in [-0.4, -0.2) is 79.5 Å². The van der Waals surface area contributed by atoms with E-state index < -0.39 is 16.1 Å². The van der Waals surface area contributed by atoms with Gasteiger partial charge in [-0.15, -0.1) is 0 Å². The fourth-order valence-corrected chi connectivity index (χ4v) is 5.42. The molecule has 0 saturated carbocycles. The van der Waals surface area contributed by atoms with Gasteiger partial charge in [0, 0.05) is 62.2 Å². The predicted octanol–water partition coefficient (Wildman–Crippen LogP) is 2.84. The van der Waals surface area contributed by atoms with E-state index in [0.29, 0.717) is 35.9 Å². The smallest absolute Gasteiger partial charge is 0.256 e. The van der Waals surface area contributed by atoms with Crippen molar-refractivity contribution in [1.82, 2.24) is 19.5 Å². The molecule has 13 heteroatoms. The van der Waals surface area contributed by atoms with Crippen molar-refractivity contribution in [2.24, 2.45) is 5.73 Å². The Balaban J connectivity index is 1.69. The minimum Gasteiger partial charge on any atom is -0.385 e. The molecule has 1 aliphatic rings. The van der Waals surface area contributed by atoms with E-state index in [1.54, 1.807) is 16.5 Å². The first-order valence-corrected chi connectivity index (χ1v) is 14.7. The molecule has 1 aliphatic heterocycles. The molecule has 1 fully saturated rings. The maximum atomic E-state index is 13.9. The molecule has 3 aromatic rings. The molecule has 38 heavy (non-hydrogen) atoms. The lowest BCUT2D eigenvalue weighted by Crippen LogP contribution is -2.35. The number of anilines is 2. The molecule has 0 unspecified atom stereocenters. The monoisotopic (exact) mass is 563 g/mol. The highest BCUT2D eigenvalue weighted by Crippen LogP contribution is 2.29. The number of nitrogens with two attached hydrogens (primary N) is 1. The lowest BCUT2D eigenvalue weighted by atomic mass is 10.1. The number of aryl methyl sites for hydroxylation is 1. The fraction of sp³-hybridized carbons (Fsp3) is 0.480. The molecule has 0 bridgehead atoms. The maximum Gasteiger partial charge on any atom is 0.256 e. The quantitative estimate of drug-likeness (QED) is 0.359. The van der Waals surface area contributed by atoms with E-state index in [1.165, 1.54) is 18.2 Å². The number of ether oxygens (including phenoxy) is 1. The van der Waals surface area contributed by atoms with E-state index in [9.17, 15) is 13.2 Å². The summed E-state index contributed by atoms with van der Waals surface area (Å²) in [5, 5.41) is 5.05. The number of carbonyl (C=O) groups is 1. The molecule has 0 aliphatic carbocycles. The van der Waals surface area contributed by atoms with Crippen LogP contribution in [0.3, 0.4) is 0 Å². The van der Waals surface area contributed by atoms with Crippen molar-refractivity contribution in [3.63, 3.8) is 0 Å².